The predicted octanol–water partition coefficient (Wildman–Crippen LogP) is 4.96. The van der Waals surface area contributed by atoms with Gasteiger partial charge in [-0.2, -0.15) is 0 Å². The van der Waals surface area contributed by atoms with Gasteiger partial charge in [-0.05, 0) is 73.7 Å². The van der Waals surface area contributed by atoms with Crippen LogP contribution in [0, 0.1) is 29.1 Å². The van der Waals surface area contributed by atoms with E-state index in [9.17, 15) is 19.0 Å². The molecule has 4 rings (SSSR count). The molecule has 0 aromatic heterocycles. The Hall–Kier alpha value is -1.04. The molecule has 0 aromatic rings. The van der Waals surface area contributed by atoms with Crippen LogP contribution in [0.1, 0.15) is 58.8 Å². The molecule has 0 amide bonds. The summed E-state index contributed by atoms with van der Waals surface area (Å²) in [4.78, 5) is 2.22. The molecule has 0 bridgehead atoms. The Labute approximate surface area is 185 Å². The number of hydrogen-bond donors (Lipinski definition) is 2. The van der Waals surface area contributed by atoms with Crippen LogP contribution < -0.4 is 0 Å². The molecule has 3 saturated carbocycles. The summed E-state index contributed by atoms with van der Waals surface area (Å²) >= 11 is 0. The first-order valence-corrected chi connectivity index (χ1v) is 12.1. The van der Waals surface area contributed by atoms with Gasteiger partial charge in [0.1, 0.15) is 0 Å². The second-order valence-electron chi connectivity index (χ2n) is 11.0. The number of halogens is 2. The molecule has 0 aromatic carbocycles. The van der Waals surface area contributed by atoms with Crippen molar-refractivity contribution in [2.24, 2.45) is 29.1 Å². The Kier molecular flexibility index (Phi) is 6.77. The minimum Gasteiger partial charge on any atom is -0.388 e. The number of hydrogen-bond acceptors (Lipinski definition) is 3. The highest BCUT2D eigenvalue weighted by atomic mass is 19.3. The summed E-state index contributed by atoms with van der Waals surface area (Å²) in [5.74, 6) is 1.33. The van der Waals surface area contributed by atoms with Gasteiger partial charge >= 0.3 is 0 Å². The van der Waals surface area contributed by atoms with Gasteiger partial charge in [-0.1, -0.05) is 43.7 Å². The molecule has 0 unspecified atom stereocenters. The maximum absolute atomic E-state index is 12.8. The molecule has 0 radical (unpaired) electrons. The Bertz CT molecular complexity index is 726. The number of likely N-dealkylation sites (tertiary alicyclic amines) is 1. The van der Waals surface area contributed by atoms with Gasteiger partial charge in [-0.25, -0.2) is 8.78 Å². The van der Waals surface area contributed by atoms with Crippen LogP contribution in [0.5, 0.6) is 0 Å². The molecule has 0 spiro atoms. The quantitative estimate of drug-likeness (QED) is 0.600. The van der Waals surface area contributed by atoms with Crippen LogP contribution in [0.3, 0.4) is 0 Å². The smallest absolute Gasteiger partial charge is 0.243 e. The van der Waals surface area contributed by atoms with E-state index in [-0.39, 0.29) is 5.41 Å². The second kappa shape index (κ2) is 9.07. The minimum absolute atomic E-state index is 0.287. The maximum atomic E-state index is 12.8. The lowest BCUT2D eigenvalue weighted by Crippen LogP contribution is -2.52. The third-order valence-corrected chi connectivity index (χ3v) is 8.91. The van der Waals surface area contributed by atoms with Crippen LogP contribution >= 0.6 is 0 Å². The number of alkyl halides is 2. The molecule has 4 aliphatic rings. The highest BCUT2D eigenvalue weighted by molar-refractivity contribution is 5.29. The summed E-state index contributed by atoms with van der Waals surface area (Å²) in [5, 5.41) is 20.2. The highest BCUT2D eigenvalue weighted by Gasteiger charge is 2.51. The number of allylic oxidation sites excluding steroid dienone is 3. The van der Waals surface area contributed by atoms with Gasteiger partial charge < -0.3 is 15.1 Å². The molecule has 31 heavy (non-hydrogen) atoms. The summed E-state index contributed by atoms with van der Waals surface area (Å²) in [7, 11) is 0. The number of fused-ring (bicyclic) bond motifs is 1. The Morgan fingerprint density at radius 2 is 1.84 bits per heavy atom. The fraction of sp³-hybridized carbons (Fsp3) is 0.769. The monoisotopic (exact) mass is 435 g/mol. The average molecular weight is 436 g/mol. The van der Waals surface area contributed by atoms with Crippen molar-refractivity contribution in [2.75, 3.05) is 19.6 Å². The molecule has 1 saturated heterocycles. The van der Waals surface area contributed by atoms with Gasteiger partial charge in [0.2, 0.25) is 6.43 Å². The molecular formula is C26H39F2NO2. The largest absolute Gasteiger partial charge is 0.388 e. The lowest BCUT2D eigenvalue weighted by molar-refractivity contribution is -0.0381. The van der Waals surface area contributed by atoms with Crippen LogP contribution in [0.4, 0.5) is 8.78 Å². The van der Waals surface area contributed by atoms with Gasteiger partial charge in [0.15, 0.2) is 0 Å². The molecule has 3 nitrogen and oxygen atoms in total. The Morgan fingerprint density at radius 1 is 1.16 bits per heavy atom. The van der Waals surface area contributed by atoms with Crippen molar-refractivity contribution in [3.05, 3.63) is 35.5 Å². The summed E-state index contributed by atoms with van der Waals surface area (Å²) in [6.45, 7) is 10.6. The van der Waals surface area contributed by atoms with E-state index in [1.54, 1.807) is 0 Å². The highest BCUT2D eigenvalue weighted by Crippen LogP contribution is 2.59. The van der Waals surface area contributed by atoms with Crippen molar-refractivity contribution in [2.45, 2.75) is 77.4 Å². The van der Waals surface area contributed by atoms with Crippen LogP contribution in [0.25, 0.3) is 0 Å². The molecule has 3 aliphatic carbocycles. The average Bonchev–Trinajstić information content (AvgIpc) is 3.03. The van der Waals surface area contributed by atoms with Gasteiger partial charge in [-0.3, -0.25) is 0 Å². The minimum atomic E-state index is -2.18. The number of aliphatic hydroxyl groups excluding tert-OH is 2. The molecule has 1 aliphatic heterocycles. The zero-order valence-electron chi connectivity index (χ0n) is 19.1. The molecule has 2 N–H and O–H groups in total. The summed E-state index contributed by atoms with van der Waals surface area (Å²) in [5.41, 5.74) is 3.44. The van der Waals surface area contributed by atoms with Crippen molar-refractivity contribution in [1.29, 1.82) is 0 Å². The van der Waals surface area contributed by atoms with Gasteiger partial charge in [-0.15, -0.1) is 0 Å². The van der Waals surface area contributed by atoms with E-state index in [4.69, 9.17) is 0 Å². The van der Waals surface area contributed by atoms with E-state index < -0.39 is 24.6 Å². The van der Waals surface area contributed by atoms with Gasteiger partial charge in [0, 0.05) is 25.6 Å². The summed E-state index contributed by atoms with van der Waals surface area (Å²) in [6, 6.07) is 0. The van der Waals surface area contributed by atoms with E-state index in [0.29, 0.717) is 49.3 Å². The molecular weight excluding hydrogens is 396 g/mol. The molecule has 6 atom stereocenters. The van der Waals surface area contributed by atoms with E-state index in [1.165, 1.54) is 31.3 Å². The first-order chi connectivity index (χ1) is 14.7. The van der Waals surface area contributed by atoms with Crippen LogP contribution in [0.2, 0.25) is 0 Å². The summed E-state index contributed by atoms with van der Waals surface area (Å²) in [6.07, 6.45) is 8.09. The molecule has 174 valence electrons. The van der Waals surface area contributed by atoms with Crippen molar-refractivity contribution in [3.63, 3.8) is 0 Å². The van der Waals surface area contributed by atoms with Gasteiger partial charge in [0.05, 0.1) is 12.2 Å². The third kappa shape index (κ3) is 4.56. The number of rotatable bonds is 5. The van der Waals surface area contributed by atoms with Crippen LogP contribution in [-0.2, 0) is 0 Å². The van der Waals surface area contributed by atoms with E-state index in [0.717, 1.165) is 18.5 Å². The SMILES string of the molecule is C=C1[C@H](O)CC(=C/C=C2\CCC[C@]3(C)[C@@H]([C@H](C)CN4CC(C(F)F)C4)CC[C@@H]23)C[C@H]1O. The normalized spacial score (nSPS) is 39.6. The first-order valence-electron chi connectivity index (χ1n) is 12.1. The van der Waals surface area contributed by atoms with E-state index in [1.807, 2.05) is 0 Å². The Morgan fingerprint density at radius 3 is 2.48 bits per heavy atom. The maximum Gasteiger partial charge on any atom is 0.243 e. The second-order valence-corrected chi connectivity index (χ2v) is 11.0. The predicted molar refractivity (Wildman–Crippen MR) is 120 cm³/mol. The van der Waals surface area contributed by atoms with Crippen molar-refractivity contribution in [3.8, 4) is 0 Å². The zero-order valence-corrected chi connectivity index (χ0v) is 19.1. The molecule has 5 heteroatoms. The number of nitrogens with zero attached hydrogens (tertiary/aromatic N) is 1. The fourth-order valence-electron chi connectivity index (χ4n) is 7.09. The summed E-state index contributed by atoms with van der Waals surface area (Å²) < 4.78 is 25.6. The van der Waals surface area contributed by atoms with Gasteiger partial charge in [0.25, 0.3) is 0 Å². The third-order valence-electron chi connectivity index (χ3n) is 8.91. The lowest BCUT2D eigenvalue weighted by Gasteiger charge is -2.47. The van der Waals surface area contributed by atoms with Crippen molar-refractivity contribution >= 4 is 0 Å². The topological polar surface area (TPSA) is 43.7 Å². The van der Waals surface area contributed by atoms with Crippen molar-refractivity contribution in [1.82, 2.24) is 4.90 Å². The van der Waals surface area contributed by atoms with E-state index >= 15 is 0 Å². The molecule has 1 heterocycles. The lowest BCUT2D eigenvalue weighted by atomic mass is 9.61. The standard InChI is InChI=1S/C26H39F2NO2/c1-16(13-29-14-20(15-29)25(27)28)21-8-9-22-19(5-4-10-26(21,22)3)7-6-18-11-23(30)17(2)24(31)12-18/h6-7,16,20-25,30-31H,2,4-5,8-15H2,1,3H3/b19-7+/t16-,21-,22+,23-,24-,26-/m1/s1. The van der Waals surface area contributed by atoms with Crippen LogP contribution in [0.15, 0.2) is 35.5 Å². The zero-order chi connectivity index (χ0) is 22.3. The van der Waals surface area contributed by atoms with Crippen LogP contribution in [-0.4, -0.2) is 53.4 Å². The fourth-order valence-corrected chi connectivity index (χ4v) is 7.09. The Balaban J connectivity index is 1.41. The number of aliphatic hydroxyl groups is 2. The van der Waals surface area contributed by atoms with Crippen molar-refractivity contribution < 1.29 is 19.0 Å². The first kappa shape index (κ1) is 23.1. The molecule has 4 fully saturated rings. The van der Waals surface area contributed by atoms with E-state index in [2.05, 4.69) is 37.5 Å².